The molecule has 0 fully saturated rings. The smallest absolute Gasteiger partial charge is 0.333 e. The van der Waals surface area contributed by atoms with Crippen molar-refractivity contribution in [1.82, 2.24) is 0 Å². The molecule has 6 heteroatoms. The predicted octanol–water partition coefficient (Wildman–Crippen LogP) is 7.94. The van der Waals surface area contributed by atoms with Gasteiger partial charge in [-0.3, -0.25) is 4.79 Å². The minimum Gasteiger partial charge on any atom is -0.466 e. The average molecular weight is 499 g/mol. The maximum atomic E-state index is 12.9. The first-order valence-corrected chi connectivity index (χ1v) is 19.8. The Hall–Kier alpha value is -0.886. The van der Waals surface area contributed by atoms with Crippen LogP contribution in [0.4, 0.5) is 0 Å². The highest BCUT2D eigenvalue weighted by atomic mass is 28.3. The first-order chi connectivity index (χ1) is 15.2. The molecule has 0 aromatic carbocycles. The van der Waals surface area contributed by atoms with Gasteiger partial charge in [0.15, 0.2) is 0 Å². The number of ether oxygens (including phenoxy) is 2. The lowest BCUT2D eigenvalue weighted by Crippen LogP contribution is -2.46. The Kier molecular flexibility index (Phi) is 14.8. The molecule has 0 saturated heterocycles. The zero-order valence-electron chi connectivity index (χ0n) is 23.5. The largest absolute Gasteiger partial charge is 0.466 e. The molecule has 0 heterocycles. The molecule has 2 atom stereocenters. The first-order valence-electron chi connectivity index (χ1n) is 13.2. The van der Waals surface area contributed by atoms with Gasteiger partial charge in [-0.05, 0) is 24.7 Å². The summed E-state index contributed by atoms with van der Waals surface area (Å²) in [5.41, 5.74) is 0.123. The van der Waals surface area contributed by atoms with Crippen LogP contribution >= 0.6 is 0 Å². The highest BCUT2D eigenvalue weighted by Gasteiger charge is 2.37. The maximum absolute atomic E-state index is 12.9. The van der Waals surface area contributed by atoms with Crippen molar-refractivity contribution in [2.75, 3.05) is 0 Å². The molecule has 0 aliphatic carbocycles. The van der Waals surface area contributed by atoms with E-state index in [0.717, 1.165) is 44.2 Å². The number of rotatable bonds is 17. The highest BCUT2D eigenvalue weighted by molar-refractivity contribution is 6.79. The number of carbonyl (C=O) groups excluding carboxylic acids is 2. The van der Waals surface area contributed by atoms with E-state index in [0.29, 0.717) is 11.8 Å². The molecule has 0 aromatic rings. The van der Waals surface area contributed by atoms with Crippen LogP contribution in [0.15, 0.2) is 12.2 Å². The third kappa shape index (κ3) is 13.0. The third-order valence-electron chi connectivity index (χ3n) is 6.63. The Morgan fingerprint density at radius 1 is 0.758 bits per heavy atom. The molecule has 0 aliphatic heterocycles. The molecule has 0 N–H and O–H groups in total. The van der Waals surface area contributed by atoms with E-state index in [1.54, 1.807) is 0 Å². The molecule has 0 amide bonds. The van der Waals surface area contributed by atoms with Crippen LogP contribution in [-0.4, -0.2) is 39.5 Å². The van der Waals surface area contributed by atoms with Crippen molar-refractivity contribution in [2.45, 2.75) is 136 Å². The number of carbonyl (C=O) groups is 2. The van der Waals surface area contributed by atoms with Crippen LogP contribution < -0.4 is 0 Å². The van der Waals surface area contributed by atoms with E-state index in [-0.39, 0.29) is 29.4 Å². The van der Waals surface area contributed by atoms with Gasteiger partial charge in [0.1, 0.15) is 0 Å². The lowest BCUT2D eigenvalue weighted by atomic mass is 10.1. The summed E-state index contributed by atoms with van der Waals surface area (Å²) in [5, 5.41) is 0. The lowest BCUT2D eigenvalue weighted by molar-refractivity contribution is -0.149. The van der Waals surface area contributed by atoms with E-state index in [2.05, 4.69) is 74.3 Å². The Labute approximate surface area is 207 Å². The quantitative estimate of drug-likeness (QED) is 0.116. The van der Waals surface area contributed by atoms with Crippen molar-refractivity contribution >= 4 is 28.1 Å². The normalized spacial score (nSPS) is 14.3. The molecule has 0 aromatic heterocycles. The van der Waals surface area contributed by atoms with Gasteiger partial charge in [0, 0.05) is 5.57 Å². The summed E-state index contributed by atoms with van der Waals surface area (Å²) in [6.07, 6.45) is 6.27. The molecular weight excluding hydrogens is 444 g/mol. The molecule has 33 heavy (non-hydrogen) atoms. The molecule has 0 bridgehead atoms. The van der Waals surface area contributed by atoms with Crippen LogP contribution in [0.3, 0.4) is 0 Å². The van der Waals surface area contributed by atoms with E-state index < -0.39 is 22.1 Å². The van der Waals surface area contributed by atoms with Crippen LogP contribution in [0.5, 0.6) is 0 Å². The molecule has 0 spiro atoms. The number of hydrogen-bond donors (Lipinski definition) is 0. The first kappa shape index (κ1) is 32.1. The molecule has 0 radical (unpaired) electrons. The lowest BCUT2D eigenvalue weighted by Gasteiger charge is -2.34. The highest BCUT2D eigenvalue weighted by Crippen LogP contribution is 2.28. The van der Waals surface area contributed by atoms with Crippen molar-refractivity contribution in [3.8, 4) is 0 Å². The van der Waals surface area contributed by atoms with Crippen LogP contribution in [0, 0.1) is 11.8 Å². The Bertz CT molecular complexity index is 611. The van der Waals surface area contributed by atoms with Crippen molar-refractivity contribution < 1.29 is 19.1 Å². The summed E-state index contributed by atoms with van der Waals surface area (Å²) in [6, 6.07) is 2.28. The summed E-state index contributed by atoms with van der Waals surface area (Å²) < 4.78 is 12.0. The molecule has 4 nitrogen and oxygen atoms in total. The predicted molar refractivity (Wildman–Crippen MR) is 147 cm³/mol. The van der Waals surface area contributed by atoms with Gasteiger partial charge in [0.05, 0.1) is 34.0 Å². The fraction of sp³-hybridized carbons (Fsp3) is 0.852. The van der Waals surface area contributed by atoms with Gasteiger partial charge < -0.3 is 9.47 Å². The Morgan fingerprint density at radius 2 is 1.15 bits per heavy atom. The molecule has 0 saturated carbocycles. The zero-order valence-corrected chi connectivity index (χ0v) is 25.5. The van der Waals surface area contributed by atoms with E-state index in [9.17, 15) is 9.59 Å². The van der Waals surface area contributed by atoms with Crippen molar-refractivity contribution in [2.24, 2.45) is 11.8 Å². The third-order valence-corrected chi connectivity index (χ3v) is 14.1. The molecule has 0 rings (SSSR count). The second-order valence-electron chi connectivity index (χ2n) is 12.1. The summed E-state index contributed by atoms with van der Waals surface area (Å²) >= 11 is 0. The van der Waals surface area contributed by atoms with E-state index in [1.165, 1.54) is 6.42 Å². The number of unbranched alkanes of at least 4 members (excludes halogenated alkanes) is 2. The monoisotopic (exact) mass is 498 g/mol. The van der Waals surface area contributed by atoms with Gasteiger partial charge in [0.2, 0.25) is 0 Å². The van der Waals surface area contributed by atoms with Crippen LogP contribution in [0.1, 0.15) is 86.5 Å². The fourth-order valence-electron chi connectivity index (χ4n) is 4.16. The fourth-order valence-corrected chi connectivity index (χ4v) is 10.4. The summed E-state index contributed by atoms with van der Waals surface area (Å²) in [5.74, 6) is 0.123. The van der Waals surface area contributed by atoms with Gasteiger partial charge >= 0.3 is 11.9 Å². The maximum Gasteiger partial charge on any atom is 0.333 e. The summed E-state index contributed by atoms with van der Waals surface area (Å²) in [6.45, 7) is 26.2. The minimum atomic E-state index is -1.74. The minimum absolute atomic E-state index is 0.0329. The second kappa shape index (κ2) is 15.2. The molecular formula is C27H54O4Si2. The zero-order chi connectivity index (χ0) is 25.8. The van der Waals surface area contributed by atoms with Gasteiger partial charge in [-0.15, -0.1) is 0 Å². The van der Waals surface area contributed by atoms with E-state index >= 15 is 0 Å². The summed E-state index contributed by atoms with van der Waals surface area (Å²) in [4.78, 5) is 25.7. The van der Waals surface area contributed by atoms with Crippen LogP contribution in [0.25, 0.3) is 0 Å². The van der Waals surface area contributed by atoms with Gasteiger partial charge in [0.25, 0.3) is 0 Å². The topological polar surface area (TPSA) is 52.6 Å². The standard InChI is InChI=1S/C27H54O4Si2/c1-12-14-16-32(8,9)25(18-21(3)4)30-24(28)20-23(7)27(29)31-26(19-22(5)6)33(10,11)17-15-13-2/h21-22,25-26H,7,12-20H2,1-6,8-11H3. The van der Waals surface area contributed by atoms with Crippen molar-refractivity contribution in [1.29, 1.82) is 0 Å². The van der Waals surface area contributed by atoms with Gasteiger partial charge in [-0.2, -0.15) is 0 Å². The van der Waals surface area contributed by atoms with Gasteiger partial charge in [-0.1, -0.05) is 112 Å². The number of esters is 2. The van der Waals surface area contributed by atoms with Crippen LogP contribution in [0.2, 0.25) is 38.3 Å². The van der Waals surface area contributed by atoms with Crippen molar-refractivity contribution in [3.63, 3.8) is 0 Å². The van der Waals surface area contributed by atoms with E-state index in [4.69, 9.17) is 9.47 Å². The summed E-state index contributed by atoms with van der Waals surface area (Å²) in [7, 11) is -3.47. The second-order valence-corrected chi connectivity index (χ2v) is 22.3. The van der Waals surface area contributed by atoms with Gasteiger partial charge in [-0.25, -0.2) is 4.79 Å². The average Bonchev–Trinajstić information content (AvgIpc) is 2.68. The van der Waals surface area contributed by atoms with E-state index in [1.807, 2.05) is 0 Å². The van der Waals surface area contributed by atoms with Crippen molar-refractivity contribution in [3.05, 3.63) is 12.2 Å². The van der Waals surface area contributed by atoms with Crippen LogP contribution in [-0.2, 0) is 19.1 Å². The number of hydrogen-bond acceptors (Lipinski definition) is 4. The molecule has 194 valence electrons. The SMILES string of the molecule is C=C(CC(=O)OC(CC(C)C)[Si](C)(C)CCCC)C(=O)OC(CC(C)C)[Si](C)(C)CCCC. The Morgan fingerprint density at radius 3 is 1.52 bits per heavy atom. The molecule has 0 aliphatic rings. The molecule has 2 unspecified atom stereocenters. The Balaban J connectivity index is 5.20.